The van der Waals surface area contributed by atoms with E-state index in [9.17, 15) is 0 Å². The molecule has 0 spiro atoms. The molecule has 0 radical (unpaired) electrons. The SMILES string of the molecule is CN(C)C1CCN(C(=N)C2CCCCC2)C1. The van der Waals surface area contributed by atoms with Crippen LogP contribution in [0.4, 0.5) is 0 Å². The smallest absolute Gasteiger partial charge is 0.0990 e. The van der Waals surface area contributed by atoms with Crippen molar-refractivity contribution in [2.45, 2.75) is 44.6 Å². The predicted octanol–water partition coefficient (Wildman–Crippen LogP) is 2.18. The summed E-state index contributed by atoms with van der Waals surface area (Å²) in [6.07, 6.45) is 7.77. The van der Waals surface area contributed by atoms with E-state index in [1.165, 1.54) is 38.5 Å². The summed E-state index contributed by atoms with van der Waals surface area (Å²) < 4.78 is 0. The second kappa shape index (κ2) is 5.17. The van der Waals surface area contributed by atoms with Crippen LogP contribution in [-0.2, 0) is 0 Å². The van der Waals surface area contributed by atoms with Gasteiger partial charge in [-0.15, -0.1) is 0 Å². The predicted molar refractivity (Wildman–Crippen MR) is 68.0 cm³/mol. The first-order chi connectivity index (χ1) is 7.68. The number of nitrogens with one attached hydrogen (secondary N) is 1. The van der Waals surface area contributed by atoms with Gasteiger partial charge in [-0.25, -0.2) is 0 Å². The molecular formula is C13H25N3. The summed E-state index contributed by atoms with van der Waals surface area (Å²) in [5, 5.41) is 8.32. The van der Waals surface area contributed by atoms with E-state index in [1.54, 1.807) is 0 Å². The molecule has 1 aliphatic carbocycles. The Morgan fingerprint density at radius 1 is 1.12 bits per heavy atom. The molecule has 1 N–H and O–H groups in total. The van der Waals surface area contributed by atoms with Crippen LogP contribution in [-0.4, -0.2) is 48.9 Å². The lowest BCUT2D eigenvalue weighted by Crippen LogP contribution is -2.37. The first-order valence-electron chi connectivity index (χ1n) is 6.68. The van der Waals surface area contributed by atoms with Crippen LogP contribution in [0.5, 0.6) is 0 Å². The Balaban J connectivity index is 1.86. The molecule has 16 heavy (non-hydrogen) atoms. The van der Waals surface area contributed by atoms with Crippen LogP contribution >= 0.6 is 0 Å². The summed E-state index contributed by atoms with van der Waals surface area (Å²) >= 11 is 0. The maximum atomic E-state index is 8.32. The third kappa shape index (κ3) is 2.57. The van der Waals surface area contributed by atoms with E-state index in [-0.39, 0.29) is 0 Å². The van der Waals surface area contributed by atoms with Crippen molar-refractivity contribution in [2.24, 2.45) is 5.92 Å². The molecule has 1 atom stereocenters. The van der Waals surface area contributed by atoms with Crippen LogP contribution in [0.25, 0.3) is 0 Å². The van der Waals surface area contributed by atoms with E-state index in [0.717, 1.165) is 18.9 Å². The van der Waals surface area contributed by atoms with E-state index in [2.05, 4.69) is 23.9 Å². The average molecular weight is 223 g/mol. The van der Waals surface area contributed by atoms with Gasteiger partial charge in [0.1, 0.15) is 0 Å². The molecule has 1 saturated heterocycles. The van der Waals surface area contributed by atoms with E-state index in [4.69, 9.17) is 5.41 Å². The summed E-state index contributed by atoms with van der Waals surface area (Å²) in [6, 6.07) is 0.656. The molecule has 0 amide bonds. The first-order valence-corrected chi connectivity index (χ1v) is 6.68. The van der Waals surface area contributed by atoms with Crippen molar-refractivity contribution in [3.63, 3.8) is 0 Å². The minimum atomic E-state index is 0.565. The molecule has 0 aromatic carbocycles. The van der Waals surface area contributed by atoms with Crippen LogP contribution in [0.3, 0.4) is 0 Å². The standard InChI is InChI=1S/C13H25N3/c1-15(2)12-8-9-16(10-12)13(14)11-6-4-3-5-7-11/h11-12,14H,3-10H2,1-2H3. The van der Waals surface area contributed by atoms with Crippen LogP contribution in [0.2, 0.25) is 0 Å². The number of rotatable bonds is 2. The Labute approximate surface area is 99.3 Å². The van der Waals surface area contributed by atoms with Crippen molar-refractivity contribution in [1.82, 2.24) is 9.80 Å². The lowest BCUT2D eigenvalue weighted by atomic mass is 9.88. The van der Waals surface area contributed by atoms with Crippen molar-refractivity contribution in [3.05, 3.63) is 0 Å². The molecule has 2 fully saturated rings. The normalized spacial score (nSPS) is 27.7. The number of hydrogen-bond donors (Lipinski definition) is 1. The fourth-order valence-electron chi connectivity index (χ4n) is 3.02. The van der Waals surface area contributed by atoms with E-state index >= 15 is 0 Å². The molecule has 1 unspecified atom stereocenters. The van der Waals surface area contributed by atoms with Gasteiger partial charge >= 0.3 is 0 Å². The molecule has 3 nitrogen and oxygen atoms in total. The molecule has 1 heterocycles. The highest BCUT2D eigenvalue weighted by atomic mass is 15.3. The summed E-state index contributed by atoms with van der Waals surface area (Å²) in [5.74, 6) is 1.50. The summed E-state index contributed by atoms with van der Waals surface area (Å²) in [4.78, 5) is 4.62. The average Bonchev–Trinajstić information content (AvgIpc) is 2.78. The zero-order valence-electron chi connectivity index (χ0n) is 10.7. The van der Waals surface area contributed by atoms with Gasteiger partial charge < -0.3 is 9.80 Å². The molecule has 92 valence electrons. The fraction of sp³-hybridized carbons (Fsp3) is 0.923. The van der Waals surface area contributed by atoms with Gasteiger partial charge in [0.2, 0.25) is 0 Å². The van der Waals surface area contributed by atoms with Crippen LogP contribution in [0, 0.1) is 11.3 Å². The molecular weight excluding hydrogens is 198 g/mol. The number of likely N-dealkylation sites (N-methyl/N-ethyl adjacent to an activating group) is 1. The molecule has 2 rings (SSSR count). The lowest BCUT2D eigenvalue weighted by molar-refractivity contribution is 0.296. The fourth-order valence-corrected chi connectivity index (χ4v) is 3.02. The highest BCUT2D eigenvalue weighted by Gasteiger charge is 2.29. The third-order valence-corrected chi connectivity index (χ3v) is 4.23. The van der Waals surface area contributed by atoms with Crippen molar-refractivity contribution < 1.29 is 0 Å². The first kappa shape index (κ1) is 11.9. The van der Waals surface area contributed by atoms with Crippen molar-refractivity contribution >= 4 is 5.84 Å². The zero-order valence-corrected chi connectivity index (χ0v) is 10.7. The Bertz CT molecular complexity index is 244. The highest BCUT2D eigenvalue weighted by molar-refractivity contribution is 5.82. The van der Waals surface area contributed by atoms with Gasteiger partial charge in [-0.1, -0.05) is 19.3 Å². The Morgan fingerprint density at radius 2 is 1.81 bits per heavy atom. The summed E-state index contributed by atoms with van der Waals surface area (Å²) in [5.41, 5.74) is 0. The summed E-state index contributed by atoms with van der Waals surface area (Å²) in [6.45, 7) is 2.17. The van der Waals surface area contributed by atoms with E-state index < -0.39 is 0 Å². The number of hydrogen-bond acceptors (Lipinski definition) is 2. The quantitative estimate of drug-likeness (QED) is 0.574. The van der Waals surface area contributed by atoms with Gasteiger partial charge in [0.15, 0.2) is 0 Å². The Kier molecular flexibility index (Phi) is 3.85. The Morgan fingerprint density at radius 3 is 2.38 bits per heavy atom. The van der Waals surface area contributed by atoms with Gasteiger partial charge in [0.25, 0.3) is 0 Å². The molecule has 0 bridgehead atoms. The maximum Gasteiger partial charge on any atom is 0.0990 e. The van der Waals surface area contributed by atoms with Gasteiger partial charge in [-0.3, -0.25) is 5.41 Å². The van der Waals surface area contributed by atoms with Crippen molar-refractivity contribution in [3.8, 4) is 0 Å². The molecule has 1 saturated carbocycles. The van der Waals surface area contributed by atoms with Gasteiger partial charge in [-0.05, 0) is 33.4 Å². The van der Waals surface area contributed by atoms with Gasteiger partial charge in [0, 0.05) is 25.0 Å². The number of nitrogens with zero attached hydrogens (tertiary/aromatic N) is 2. The molecule has 0 aromatic heterocycles. The second-order valence-electron chi connectivity index (χ2n) is 5.57. The molecule has 1 aliphatic heterocycles. The summed E-state index contributed by atoms with van der Waals surface area (Å²) in [7, 11) is 4.30. The largest absolute Gasteiger partial charge is 0.359 e. The Hall–Kier alpha value is -0.570. The molecule has 3 heteroatoms. The van der Waals surface area contributed by atoms with Crippen LogP contribution in [0.1, 0.15) is 38.5 Å². The number of amidine groups is 1. The zero-order chi connectivity index (χ0) is 11.5. The van der Waals surface area contributed by atoms with Crippen LogP contribution in [0.15, 0.2) is 0 Å². The topological polar surface area (TPSA) is 30.3 Å². The van der Waals surface area contributed by atoms with E-state index in [1.807, 2.05) is 0 Å². The van der Waals surface area contributed by atoms with E-state index in [0.29, 0.717) is 12.0 Å². The van der Waals surface area contributed by atoms with Gasteiger partial charge in [-0.2, -0.15) is 0 Å². The molecule has 0 aromatic rings. The maximum absolute atomic E-state index is 8.32. The molecule has 2 aliphatic rings. The lowest BCUT2D eigenvalue weighted by Gasteiger charge is -2.29. The van der Waals surface area contributed by atoms with Crippen molar-refractivity contribution in [1.29, 1.82) is 5.41 Å². The van der Waals surface area contributed by atoms with Gasteiger partial charge in [0.05, 0.1) is 5.84 Å². The minimum absolute atomic E-state index is 0.565. The highest BCUT2D eigenvalue weighted by Crippen LogP contribution is 2.27. The third-order valence-electron chi connectivity index (χ3n) is 4.23. The van der Waals surface area contributed by atoms with Crippen molar-refractivity contribution in [2.75, 3.05) is 27.2 Å². The van der Waals surface area contributed by atoms with Crippen LogP contribution < -0.4 is 0 Å². The minimum Gasteiger partial charge on any atom is -0.359 e. The monoisotopic (exact) mass is 223 g/mol. The second-order valence-corrected chi connectivity index (χ2v) is 5.57. The number of likely N-dealkylation sites (tertiary alicyclic amines) is 1.